The zero-order valence-electron chi connectivity index (χ0n) is 17.5. The molecule has 1 aliphatic rings. The quantitative estimate of drug-likeness (QED) is 0.652. The van der Waals surface area contributed by atoms with Crippen LogP contribution in [0.3, 0.4) is 0 Å². The minimum atomic E-state index is -0.733. The highest BCUT2D eigenvalue weighted by Gasteiger charge is 2.42. The molecule has 0 bridgehead atoms. The number of benzene rings is 2. The lowest BCUT2D eigenvalue weighted by Crippen LogP contribution is -2.32. The number of nitrogens with zero attached hydrogens (tertiary/aromatic N) is 2. The lowest BCUT2D eigenvalue weighted by atomic mass is 9.98. The van der Waals surface area contributed by atoms with Crippen molar-refractivity contribution in [2.24, 2.45) is 0 Å². The summed E-state index contributed by atoms with van der Waals surface area (Å²) in [7, 11) is 5.30. The van der Waals surface area contributed by atoms with E-state index in [0.717, 1.165) is 12.6 Å². The highest BCUT2D eigenvalue weighted by Crippen LogP contribution is 2.40. The second-order valence-corrected chi connectivity index (χ2v) is 7.80. The SMILES string of the molecule is COc1cc([C@H]2c3c(oc4ccc(F)cc4c3=O)C(=O)N2CCCN(C)C)ccc1O. The molecule has 8 heteroatoms. The van der Waals surface area contributed by atoms with Gasteiger partial charge in [-0.2, -0.15) is 0 Å². The summed E-state index contributed by atoms with van der Waals surface area (Å²) < 4.78 is 24.8. The standard InChI is InChI=1S/C23H23FN2O5/c1-25(2)9-4-10-26-20(13-5-7-16(27)18(11-13)30-3)19-21(28)15-12-14(24)6-8-17(15)31-22(19)23(26)29/h5-8,11-12,20,27H,4,9-10H2,1-3H3/t20-/m0/s1. The van der Waals surface area contributed by atoms with Crippen LogP contribution in [0.5, 0.6) is 11.5 Å². The van der Waals surface area contributed by atoms with Gasteiger partial charge in [0.2, 0.25) is 5.76 Å². The van der Waals surface area contributed by atoms with E-state index in [2.05, 4.69) is 0 Å². The van der Waals surface area contributed by atoms with E-state index >= 15 is 0 Å². The number of fused-ring (bicyclic) bond motifs is 2. The first-order valence-electron chi connectivity index (χ1n) is 9.90. The average molecular weight is 426 g/mol. The maximum atomic E-state index is 13.8. The van der Waals surface area contributed by atoms with Crippen molar-refractivity contribution >= 4 is 16.9 Å². The molecule has 0 saturated carbocycles. The molecule has 1 N–H and O–H groups in total. The van der Waals surface area contributed by atoms with Gasteiger partial charge in [-0.1, -0.05) is 6.07 Å². The fourth-order valence-corrected chi connectivity index (χ4v) is 3.99. The lowest BCUT2D eigenvalue weighted by molar-refractivity contribution is 0.0722. The Balaban J connectivity index is 1.90. The summed E-state index contributed by atoms with van der Waals surface area (Å²) in [6.45, 7) is 1.14. The zero-order chi connectivity index (χ0) is 22.3. The first kappa shape index (κ1) is 20.9. The summed E-state index contributed by atoms with van der Waals surface area (Å²) in [5, 5.41) is 10.1. The monoisotopic (exact) mass is 426 g/mol. The molecule has 4 rings (SSSR count). The van der Waals surface area contributed by atoms with Crippen molar-refractivity contribution in [2.45, 2.75) is 12.5 Å². The van der Waals surface area contributed by atoms with Gasteiger partial charge in [0.25, 0.3) is 5.91 Å². The number of phenolic OH excluding ortho intramolecular Hbond substituents is 1. The van der Waals surface area contributed by atoms with Crippen LogP contribution >= 0.6 is 0 Å². The second-order valence-electron chi connectivity index (χ2n) is 7.80. The number of hydrogen-bond acceptors (Lipinski definition) is 6. The molecular weight excluding hydrogens is 403 g/mol. The van der Waals surface area contributed by atoms with Gasteiger partial charge in [-0.3, -0.25) is 9.59 Å². The third-order valence-electron chi connectivity index (χ3n) is 5.45. The Morgan fingerprint density at radius 1 is 1.19 bits per heavy atom. The van der Waals surface area contributed by atoms with Gasteiger partial charge in [-0.05, 0) is 63.0 Å². The van der Waals surface area contributed by atoms with Crippen LogP contribution in [0, 0.1) is 5.82 Å². The van der Waals surface area contributed by atoms with E-state index in [4.69, 9.17) is 9.15 Å². The Labute approximate surface area is 178 Å². The van der Waals surface area contributed by atoms with Crippen molar-refractivity contribution in [1.29, 1.82) is 0 Å². The molecule has 2 heterocycles. The van der Waals surface area contributed by atoms with Crippen molar-refractivity contribution in [2.75, 3.05) is 34.3 Å². The molecule has 2 aromatic carbocycles. The molecule has 1 atom stereocenters. The highest BCUT2D eigenvalue weighted by molar-refractivity contribution is 5.99. The van der Waals surface area contributed by atoms with E-state index in [1.807, 2.05) is 19.0 Å². The Morgan fingerprint density at radius 2 is 1.97 bits per heavy atom. The van der Waals surface area contributed by atoms with Gasteiger partial charge in [0.1, 0.15) is 11.4 Å². The Hall–Kier alpha value is -3.39. The molecular formula is C23H23FN2O5. The van der Waals surface area contributed by atoms with E-state index in [1.165, 1.54) is 25.3 Å². The largest absolute Gasteiger partial charge is 0.504 e. The molecule has 0 unspecified atom stereocenters. The zero-order valence-corrected chi connectivity index (χ0v) is 17.5. The van der Waals surface area contributed by atoms with Crippen LogP contribution in [-0.4, -0.2) is 55.1 Å². The predicted octanol–water partition coefficient (Wildman–Crippen LogP) is 3.14. The Bertz CT molecular complexity index is 1220. The molecule has 7 nitrogen and oxygen atoms in total. The van der Waals surface area contributed by atoms with Crippen LogP contribution in [0.1, 0.15) is 34.1 Å². The van der Waals surface area contributed by atoms with E-state index in [-0.39, 0.29) is 33.8 Å². The second kappa shape index (κ2) is 8.03. The van der Waals surface area contributed by atoms with Gasteiger partial charge < -0.3 is 24.1 Å². The Kier molecular flexibility index (Phi) is 5.41. The van der Waals surface area contributed by atoms with E-state index < -0.39 is 23.2 Å². The van der Waals surface area contributed by atoms with E-state index in [0.29, 0.717) is 18.5 Å². The molecule has 162 valence electrons. The molecule has 1 aliphatic heterocycles. The van der Waals surface area contributed by atoms with Crippen LogP contribution < -0.4 is 10.2 Å². The molecule has 0 saturated heterocycles. The van der Waals surface area contributed by atoms with Crippen molar-refractivity contribution in [3.05, 3.63) is 69.3 Å². The van der Waals surface area contributed by atoms with Gasteiger partial charge in [0.15, 0.2) is 16.9 Å². The number of carbonyl (C=O) groups excluding carboxylic acids is 1. The molecule has 3 aromatic rings. The van der Waals surface area contributed by atoms with Crippen molar-refractivity contribution < 1.29 is 23.4 Å². The molecule has 31 heavy (non-hydrogen) atoms. The number of ether oxygens (including phenoxy) is 1. The van der Waals surface area contributed by atoms with Crippen LogP contribution in [0.4, 0.5) is 4.39 Å². The topological polar surface area (TPSA) is 83.2 Å². The summed E-state index contributed by atoms with van der Waals surface area (Å²) >= 11 is 0. The maximum Gasteiger partial charge on any atom is 0.290 e. The third-order valence-corrected chi connectivity index (χ3v) is 5.45. The summed E-state index contributed by atoms with van der Waals surface area (Å²) in [6.07, 6.45) is 0.681. The number of rotatable bonds is 6. The number of halogens is 1. The Morgan fingerprint density at radius 3 is 2.68 bits per heavy atom. The van der Waals surface area contributed by atoms with Crippen LogP contribution in [0.15, 0.2) is 45.6 Å². The normalized spacial score (nSPS) is 15.7. The van der Waals surface area contributed by atoms with Gasteiger partial charge >= 0.3 is 0 Å². The lowest BCUT2D eigenvalue weighted by Gasteiger charge is -2.26. The van der Waals surface area contributed by atoms with Gasteiger partial charge in [-0.25, -0.2) is 4.39 Å². The third kappa shape index (κ3) is 3.63. The number of amides is 1. The fourth-order valence-electron chi connectivity index (χ4n) is 3.99. The summed E-state index contributed by atoms with van der Waals surface area (Å²) in [4.78, 5) is 30.2. The van der Waals surface area contributed by atoms with E-state index in [9.17, 15) is 19.1 Å². The first-order chi connectivity index (χ1) is 14.8. The first-order valence-corrected chi connectivity index (χ1v) is 9.90. The minimum absolute atomic E-state index is 0.0361. The summed E-state index contributed by atoms with van der Waals surface area (Å²) in [5.74, 6) is -0.819. The summed E-state index contributed by atoms with van der Waals surface area (Å²) in [6, 6.07) is 7.62. The number of carbonyl (C=O) groups is 1. The molecule has 0 radical (unpaired) electrons. The molecule has 0 fully saturated rings. The summed E-state index contributed by atoms with van der Waals surface area (Å²) in [5.41, 5.74) is 0.474. The van der Waals surface area contributed by atoms with Crippen LogP contribution in [-0.2, 0) is 0 Å². The van der Waals surface area contributed by atoms with Crippen molar-refractivity contribution in [1.82, 2.24) is 9.80 Å². The molecule has 1 amide bonds. The number of aromatic hydroxyl groups is 1. The molecule has 0 aliphatic carbocycles. The highest BCUT2D eigenvalue weighted by atomic mass is 19.1. The van der Waals surface area contributed by atoms with Crippen molar-refractivity contribution in [3.8, 4) is 11.5 Å². The smallest absolute Gasteiger partial charge is 0.290 e. The number of methoxy groups -OCH3 is 1. The van der Waals surface area contributed by atoms with Gasteiger partial charge in [0, 0.05) is 6.54 Å². The molecule has 0 spiro atoms. The number of hydrogen-bond donors (Lipinski definition) is 1. The fraction of sp³-hybridized carbons (Fsp3) is 0.304. The predicted molar refractivity (Wildman–Crippen MR) is 113 cm³/mol. The average Bonchev–Trinajstić information content (AvgIpc) is 3.01. The van der Waals surface area contributed by atoms with Crippen molar-refractivity contribution in [3.63, 3.8) is 0 Å². The van der Waals surface area contributed by atoms with Crippen LogP contribution in [0.25, 0.3) is 11.0 Å². The van der Waals surface area contributed by atoms with Crippen LogP contribution in [0.2, 0.25) is 0 Å². The van der Waals surface area contributed by atoms with Gasteiger partial charge in [0.05, 0.1) is 24.1 Å². The molecule has 1 aromatic heterocycles. The van der Waals surface area contributed by atoms with E-state index in [1.54, 1.807) is 17.0 Å². The van der Waals surface area contributed by atoms with Gasteiger partial charge in [-0.15, -0.1) is 0 Å². The number of phenols is 1. The minimum Gasteiger partial charge on any atom is -0.504 e. The maximum absolute atomic E-state index is 13.8.